The van der Waals surface area contributed by atoms with Crippen LogP contribution in [0.5, 0.6) is 5.75 Å². The second-order valence-electron chi connectivity index (χ2n) is 3.46. The lowest BCUT2D eigenvalue weighted by molar-refractivity contribution is 0.414. The number of ether oxygens (including phenoxy) is 1. The summed E-state index contributed by atoms with van der Waals surface area (Å²) in [5.41, 5.74) is 2.25. The van der Waals surface area contributed by atoms with E-state index in [4.69, 9.17) is 4.74 Å². The predicted octanol–water partition coefficient (Wildman–Crippen LogP) is 2.67. The molecule has 0 radical (unpaired) electrons. The highest BCUT2D eigenvalue weighted by atomic mass is 16.5. The maximum absolute atomic E-state index is 5.17. The third-order valence-electron chi connectivity index (χ3n) is 2.30. The molecule has 0 aliphatic heterocycles. The summed E-state index contributed by atoms with van der Waals surface area (Å²) in [6, 6.07) is 8.07. The van der Waals surface area contributed by atoms with Crippen LogP contribution in [0, 0.1) is 0 Å². The summed E-state index contributed by atoms with van der Waals surface area (Å²) in [6.07, 6.45) is 8.47. The zero-order valence-corrected chi connectivity index (χ0v) is 9.18. The molecule has 0 amide bonds. The van der Waals surface area contributed by atoms with Gasteiger partial charge in [0.25, 0.3) is 0 Å². The molecule has 0 unspecified atom stereocenters. The van der Waals surface area contributed by atoms with Crippen molar-refractivity contribution in [3.05, 3.63) is 54.1 Å². The average Bonchev–Trinajstić information content (AvgIpc) is 2.82. The van der Waals surface area contributed by atoms with Gasteiger partial charge in [-0.25, -0.2) is 4.98 Å². The van der Waals surface area contributed by atoms with Gasteiger partial charge < -0.3 is 9.72 Å². The van der Waals surface area contributed by atoms with Crippen LogP contribution in [0.3, 0.4) is 0 Å². The third-order valence-corrected chi connectivity index (χ3v) is 2.30. The Bertz CT molecular complexity index is 461. The number of methoxy groups -OCH3 is 1. The molecule has 0 bridgehead atoms. The molecule has 0 spiro atoms. The molecule has 82 valence electrons. The highest BCUT2D eigenvalue weighted by Crippen LogP contribution is 2.13. The summed E-state index contributed by atoms with van der Waals surface area (Å²) in [5, 5.41) is 0. The first-order valence-electron chi connectivity index (χ1n) is 5.16. The van der Waals surface area contributed by atoms with Gasteiger partial charge in [-0.1, -0.05) is 18.2 Å². The van der Waals surface area contributed by atoms with Gasteiger partial charge in [-0.15, -0.1) is 0 Å². The number of nitrogens with one attached hydrogen (secondary N) is 1. The number of rotatable bonds is 4. The molecule has 1 N–H and O–H groups in total. The van der Waals surface area contributed by atoms with E-state index in [9.17, 15) is 0 Å². The number of allylic oxidation sites excluding steroid dienone is 1. The van der Waals surface area contributed by atoms with Gasteiger partial charge in [-0.3, -0.25) is 0 Å². The number of benzene rings is 1. The molecule has 0 aliphatic rings. The Kier molecular flexibility index (Phi) is 3.38. The normalized spacial score (nSPS) is 10.8. The Morgan fingerprint density at radius 1 is 1.44 bits per heavy atom. The molecule has 0 atom stereocenters. The van der Waals surface area contributed by atoms with Gasteiger partial charge in [0.15, 0.2) is 0 Å². The second-order valence-corrected chi connectivity index (χ2v) is 3.46. The topological polar surface area (TPSA) is 37.9 Å². The highest BCUT2D eigenvalue weighted by molar-refractivity contribution is 5.44. The molecule has 0 aliphatic carbocycles. The van der Waals surface area contributed by atoms with Crippen molar-refractivity contribution >= 4 is 6.08 Å². The number of aromatic amines is 1. The van der Waals surface area contributed by atoms with Crippen LogP contribution < -0.4 is 4.74 Å². The Morgan fingerprint density at radius 2 is 2.38 bits per heavy atom. The van der Waals surface area contributed by atoms with Crippen molar-refractivity contribution in [2.45, 2.75) is 6.42 Å². The fourth-order valence-corrected chi connectivity index (χ4v) is 1.48. The number of hydrogen-bond acceptors (Lipinski definition) is 2. The minimum Gasteiger partial charge on any atom is -0.497 e. The zero-order chi connectivity index (χ0) is 11.2. The second kappa shape index (κ2) is 5.16. The summed E-state index contributed by atoms with van der Waals surface area (Å²) in [6.45, 7) is 0. The van der Waals surface area contributed by atoms with E-state index in [2.05, 4.69) is 22.1 Å². The third kappa shape index (κ3) is 2.73. The lowest BCUT2D eigenvalue weighted by atomic mass is 10.1. The van der Waals surface area contributed by atoms with Crippen molar-refractivity contribution in [1.82, 2.24) is 9.97 Å². The van der Waals surface area contributed by atoms with E-state index in [0.717, 1.165) is 17.9 Å². The molecule has 3 heteroatoms. The predicted molar refractivity (Wildman–Crippen MR) is 64.3 cm³/mol. The summed E-state index contributed by atoms with van der Waals surface area (Å²) in [5.74, 6) is 0.896. The van der Waals surface area contributed by atoms with Crippen molar-refractivity contribution in [2.24, 2.45) is 0 Å². The van der Waals surface area contributed by atoms with Crippen LogP contribution in [0.15, 0.2) is 42.9 Å². The molecule has 2 aromatic rings. The van der Waals surface area contributed by atoms with Crippen LogP contribution >= 0.6 is 0 Å². The quantitative estimate of drug-likeness (QED) is 0.849. The molecule has 16 heavy (non-hydrogen) atoms. The largest absolute Gasteiger partial charge is 0.497 e. The maximum atomic E-state index is 5.17. The lowest BCUT2D eigenvalue weighted by Crippen LogP contribution is -1.85. The minimum atomic E-state index is 0.885. The van der Waals surface area contributed by atoms with Crippen LogP contribution in [-0.2, 0) is 6.42 Å². The number of H-pyrrole nitrogens is 1. The van der Waals surface area contributed by atoms with E-state index in [0.29, 0.717) is 0 Å². The smallest absolute Gasteiger partial charge is 0.119 e. The van der Waals surface area contributed by atoms with Gasteiger partial charge in [0, 0.05) is 0 Å². The Balaban J connectivity index is 1.99. The fraction of sp³-hybridized carbons (Fsp3) is 0.154. The molecule has 1 aromatic heterocycles. The van der Waals surface area contributed by atoms with Crippen LogP contribution in [0.1, 0.15) is 11.3 Å². The van der Waals surface area contributed by atoms with E-state index < -0.39 is 0 Å². The summed E-state index contributed by atoms with van der Waals surface area (Å²) in [4.78, 5) is 6.97. The van der Waals surface area contributed by atoms with E-state index in [-0.39, 0.29) is 0 Å². The molecule has 2 rings (SSSR count). The van der Waals surface area contributed by atoms with Crippen LogP contribution in [0.2, 0.25) is 0 Å². The van der Waals surface area contributed by atoms with Gasteiger partial charge >= 0.3 is 0 Å². The maximum Gasteiger partial charge on any atom is 0.119 e. The van der Waals surface area contributed by atoms with Gasteiger partial charge in [-0.2, -0.15) is 0 Å². The Hall–Kier alpha value is -2.03. The summed E-state index contributed by atoms with van der Waals surface area (Å²) < 4.78 is 5.17. The van der Waals surface area contributed by atoms with Gasteiger partial charge in [0.1, 0.15) is 5.75 Å². The first-order valence-corrected chi connectivity index (χ1v) is 5.16. The van der Waals surface area contributed by atoms with Crippen LogP contribution in [0.4, 0.5) is 0 Å². The van der Waals surface area contributed by atoms with Gasteiger partial charge in [0.2, 0.25) is 0 Å². The van der Waals surface area contributed by atoms with Crippen molar-refractivity contribution < 1.29 is 4.74 Å². The fourth-order valence-electron chi connectivity index (χ4n) is 1.48. The standard InChI is InChI=1S/C13H14N2O/c1-16-13-7-3-5-11(8-13)4-2-6-12-9-14-10-15-12/h2-3,5-10H,4H2,1H3,(H,14,15). The molecular weight excluding hydrogens is 200 g/mol. The van der Waals surface area contributed by atoms with E-state index >= 15 is 0 Å². The van der Waals surface area contributed by atoms with Crippen molar-refractivity contribution in [2.75, 3.05) is 7.11 Å². The SMILES string of the molecule is COc1cccc(CC=Cc2cnc[nH]2)c1. The van der Waals surface area contributed by atoms with Crippen LogP contribution in [0.25, 0.3) is 6.08 Å². The lowest BCUT2D eigenvalue weighted by Gasteiger charge is -2.01. The zero-order valence-electron chi connectivity index (χ0n) is 9.18. The van der Waals surface area contributed by atoms with E-state index in [1.165, 1.54) is 5.56 Å². The van der Waals surface area contributed by atoms with Crippen LogP contribution in [-0.4, -0.2) is 17.1 Å². The Labute approximate surface area is 94.8 Å². The van der Waals surface area contributed by atoms with E-state index in [1.807, 2.05) is 24.3 Å². The van der Waals surface area contributed by atoms with Gasteiger partial charge in [0.05, 0.1) is 25.3 Å². The summed E-state index contributed by atoms with van der Waals surface area (Å²) in [7, 11) is 1.68. The molecule has 1 aromatic carbocycles. The number of imidazole rings is 1. The van der Waals surface area contributed by atoms with Crippen molar-refractivity contribution in [3.8, 4) is 5.75 Å². The van der Waals surface area contributed by atoms with Gasteiger partial charge in [-0.05, 0) is 30.2 Å². The average molecular weight is 214 g/mol. The summed E-state index contributed by atoms with van der Waals surface area (Å²) >= 11 is 0. The van der Waals surface area contributed by atoms with Crippen molar-refractivity contribution in [1.29, 1.82) is 0 Å². The molecule has 0 saturated heterocycles. The number of aromatic nitrogens is 2. The minimum absolute atomic E-state index is 0.885. The first kappa shape index (κ1) is 10.5. The highest BCUT2D eigenvalue weighted by Gasteiger charge is 1.93. The molecular formula is C13H14N2O. The van der Waals surface area contributed by atoms with E-state index in [1.54, 1.807) is 19.6 Å². The molecule has 3 nitrogen and oxygen atoms in total. The number of hydrogen-bond donors (Lipinski definition) is 1. The monoisotopic (exact) mass is 214 g/mol. The Morgan fingerprint density at radius 3 is 3.12 bits per heavy atom. The number of nitrogens with zero attached hydrogens (tertiary/aromatic N) is 1. The molecule has 0 saturated carbocycles. The molecule has 0 fully saturated rings. The molecule has 1 heterocycles. The first-order chi connectivity index (χ1) is 7.88. The van der Waals surface area contributed by atoms with Crippen molar-refractivity contribution in [3.63, 3.8) is 0 Å².